The van der Waals surface area contributed by atoms with Crippen molar-refractivity contribution in [3.05, 3.63) is 34.1 Å². The molecule has 21 heavy (non-hydrogen) atoms. The second-order valence-electron chi connectivity index (χ2n) is 6.22. The highest BCUT2D eigenvalue weighted by Crippen LogP contribution is 2.41. The molecule has 1 N–H and O–H groups in total. The van der Waals surface area contributed by atoms with Gasteiger partial charge in [-0.15, -0.1) is 24.8 Å². The highest BCUT2D eigenvalue weighted by Gasteiger charge is 2.33. The molecular weight excluding hydrogens is 378 g/mol. The fourth-order valence-corrected chi connectivity index (χ4v) is 3.44. The molecule has 2 rings (SSSR count). The summed E-state index contributed by atoms with van der Waals surface area (Å²) in [6, 6.07) is 5.33. The van der Waals surface area contributed by atoms with E-state index in [4.69, 9.17) is 0 Å². The van der Waals surface area contributed by atoms with E-state index in [0.29, 0.717) is 6.04 Å². The Morgan fingerprint density at radius 3 is 2.24 bits per heavy atom. The monoisotopic (exact) mass is 400 g/mol. The quantitative estimate of drug-likeness (QED) is 0.788. The lowest BCUT2D eigenvalue weighted by molar-refractivity contribution is 0.0856. The molecular formula is C15H24BrCl2FN2. The van der Waals surface area contributed by atoms with Crippen LogP contribution in [-0.2, 0) is 0 Å². The van der Waals surface area contributed by atoms with Gasteiger partial charge in [-0.3, -0.25) is 4.90 Å². The fraction of sp³-hybridized carbons (Fsp3) is 0.600. The lowest BCUT2D eigenvalue weighted by atomic mass is 9.81. The molecule has 0 unspecified atom stereocenters. The molecule has 1 saturated heterocycles. The van der Waals surface area contributed by atoms with E-state index in [0.717, 1.165) is 30.7 Å². The van der Waals surface area contributed by atoms with E-state index in [2.05, 4.69) is 46.9 Å². The van der Waals surface area contributed by atoms with Crippen LogP contribution in [0, 0.1) is 11.2 Å². The molecule has 0 aromatic heterocycles. The maximum absolute atomic E-state index is 13.3. The Labute approximate surface area is 147 Å². The molecule has 0 radical (unpaired) electrons. The lowest BCUT2D eigenvalue weighted by Gasteiger charge is -2.43. The first-order chi connectivity index (χ1) is 8.89. The van der Waals surface area contributed by atoms with E-state index in [1.165, 1.54) is 5.56 Å². The van der Waals surface area contributed by atoms with E-state index < -0.39 is 0 Å². The first kappa shape index (κ1) is 21.1. The van der Waals surface area contributed by atoms with Gasteiger partial charge in [0.1, 0.15) is 5.82 Å². The highest BCUT2D eigenvalue weighted by atomic mass is 79.9. The largest absolute Gasteiger partial charge is 0.314 e. The van der Waals surface area contributed by atoms with Crippen molar-refractivity contribution in [3.63, 3.8) is 0 Å². The highest BCUT2D eigenvalue weighted by molar-refractivity contribution is 9.10. The van der Waals surface area contributed by atoms with Crippen LogP contribution in [0.5, 0.6) is 0 Å². The van der Waals surface area contributed by atoms with Crippen molar-refractivity contribution in [2.24, 2.45) is 5.41 Å². The zero-order valence-electron chi connectivity index (χ0n) is 12.7. The summed E-state index contributed by atoms with van der Waals surface area (Å²) in [5.41, 5.74) is 1.29. The van der Waals surface area contributed by atoms with Crippen LogP contribution < -0.4 is 5.32 Å². The maximum Gasteiger partial charge on any atom is 0.124 e. The Morgan fingerprint density at radius 1 is 1.19 bits per heavy atom. The van der Waals surface area contributed by atoms with Crippen molar-refractivity contribution >= 4 is 40.7 Å². The van der Waals surface area contributed by atoms with Gasteiger partial charge < -0.3 is 5.32 Å². The number of benzene rings is 1. The Hall–Kier alpha value is 0.130. The number of piperazine rings is 1. The Kier molecular flexibility index (Phi) is 8.74. The molecule has 0 bridgehead atoms. The minimum Gasteiger partial charge on any atom is -0.314 e. The number of nitrogens with zero attached hydrogens (tertiary/aromatic N) is 1. The van der Waals surface area contributed by atoms with E-state index in [9.17, 15) is 4.39 Å². The van der Waals surface area contributed by atoms with Gasteiger partial charge >= 0.3 is 0 Å². The predicted octanol–water partition coefficient (Wildman–Crippen LogP) is 4.42. The second-order valence-corrected chi connectivity index (χ2v) is 7.07. The molecule has 0 amide bonds. The van der Waals surface area contributed by atoms with Gasteiger partial charge in [-0.1, -0.05) is 42.8 Å². The maximum atomic E-state index is 13.3. The zero-order valence-corrected chi connectivity index (χ0v) is 15.9. The molecule has 0 saturated carbocycles. The number of rotatable bonds is 2. The van der Waals surface area contributed by atoms with E-state index in [1.807, 2.05) is 6.07 Å². The summed E-state index contributed by atoms with van der Waals surface area (Å²) in [7, 11) is 0. The first-order valence-corrected chi connectivity index (χ1v) is 7.58. The third-order valence-corrected chi connectivity index (χ3v) is 4.28. The van der Waals surface area contributed by atoms with Crippen LogP contribution in [0.4, 0.5) is 4.39 Å². The summed E-state index contributed by atoms with van der Waals surface area (Å²) >= 11 is 3.52. The van der Waals surface area contributed by atoms with Gasteiger partial charge in [-0.05, 0) is 23.1 Å². The fourth-order valence-electron chi connectivity index (χ4n) is 2.87. The summed E-state index contributed by atoms with van der Waals surface area (Å²) in [5, 5.41) is 3.38. The average molecular weight is 402 g/mol. The van der Waals surface area contributed by atoms with E-state index in [-0.39, 0.29) is 36.0 Å². The minimum atomic E-state index is -0.191. The van der Waals surface area contributed by atoms with Crippen LogP contribution in [0.25, 0.3) is 0 Å². The van der Waals surface area contributed by atoms with Crippen LogP contribution in [-0.4, -0.2) is 31.1 Å². The Bertz CT molecular complexity index is 446. The molecule has 1 atom stereocenters. The van der Waals surface area contributed by atoms with Crippen molar-refractivity contribution in [1.82, 2.24) is 10.2 Å². The van der Waals surface area contributed by atoms with Crippen LogP contribution >= 0.6 is 40.7 Å². The standard InChI is InChI=1S/C15H22BrFN2.2ClH/c1-15(2,3)14(19-8-6-18-7-9-19)12-5-4-11(17)10-13(12)16;;/h4-5,10,14,18H,6-9H2,1-3H3;2*1H/t14-;;/m0../s1. The SMILES string of the molecule is CC(C)(C)[C@H](c1ccc(F)cc1Br)N1CCNCC1.Cl.Cl. The normalized spacial score (nSPS) is 17.6. The van der Waals surface area contributed by atoms with E-state index >= 15 is 0 Å². The molecule has 0 aliphatic carbocycles. The summed E-state index contributed by atoms with van der Waals surface area (Å²) in [6.07, 6.45) is 0. The Morgan fingerprint density at radius 2 is 1.76 bits per heavy atom. The van der Waals surface area contributed by atoms with Crippen LogP contribution in [0.3, 0.4) is 0 Å². The molecule has 2 nitrogen and oxygen atoms in total. The van der Waals surface area contributed by atoms with Gasteiger partial charge in [0.2, 0.25) is 0 Å². The van der Waals surface area contributed by atoms with Crippen LogP contribution in [0.1, 0.15) is 32.4 Å². The lowest BCUT2D eigenvalue weighted by Crippen LogP contribution is -2.48. The molecule has 1 aromatic rings. The van der Waals surface area contributed by atoms with Gasteiger partial charge in [0.25, 0.3) is 0 Å². The molecule has 1 heterocycles. The zero-order chi connectivity index (χ0) is 14.0. The predicted molar refractivity (Wildman–Crippen MR) is 95.2 cm³/mol. The van der Waals surface area contributed by atoms with Gasteiger partial charge in [-0.2, -0.15) is 0 Å². The molecule has 1 aliphatic heterocycles. The van der Waals surface area contributed by atoms with Crippen molar-refractivity contribution in [2.75, 3.05) is 26.2 Å². The topological polar surface area (TPSA) is 15.3 Å². The molecule has 1 aliphatic rings. The molecule has 6 heteroatoms. The Balaban J connectivity index is 0.00000200. The van der Waals surface area contributed by atoms with Gasteiger partial charge in [0.15, 0.2) is 0 Å². The second kappa shape index (κ2) is 8.68. The van der Waals surface area contributed by atoms with E-state index in [1.54, 1.807) is 12.1 Å². The van der Waals surface area contributed by atoms with Gasteiger partial charge in [-0.25, -0.2) is 4.39 Å². The smallest absolute Gasteiger partial charge is 0.124 e. The van der Waals surface area contributed by atoms with Crippen molar-refractivity contribution in [1.29, 1.82) is 0 Å². The number of nitrogens with one attached hydrogen (secondary N) is 1. The summed E-state index contributed by atoms with van der Waals surface area (Å²) in [5.74, 6) is -0.191. The van der Waals surface area contributed by atoms with Crippen LogP contribution in [0.15, 0.2) is 22.7 Å². The molecule has 122 valence electrons. The minimum absolute atomic E-state index is 0. The third-order valence-electron chi connectivity index (χ3n) is 3.59. The van der Waals surface area contributed by atoms with Gasteiger partial charge in [0, 0.05) is 36.7 Å². The number of hydrogen-bond acceptors (Lipinski definition) is 2. The van der Waals surface area contributed by atoms with Crippen molar-refractivity contribution in [3.8, 4) is 0 Å². The van der Waals surface area contributed by atoms with Crippen LogP contribution in [0.2, 0.25) is 0 Å². The molecule has 1 fully saturated rings. The molecule has 0 spiro atoms. The average Bonchev–Trinajstić information content (AvgIpc) is 2.32. The third kappa shape index (κ3) is 5.36. The first-order valence-electron chi connectivity index (χ1n) is 6.79. The molecule has 1 aromatic carbocycles. The number of hydrogen-bond donors (Lipinski definition) is 1. The van der Waals surface area contributed by atoms with Crippen molar-refractivity contribution < 1.29 is 4.39 Å². The number of halogens is 4. The van der Waals surface area contributed by atoms with Gasteiger partial charge in [0.05, 0.1) is 0 Å². The summed E-state index contributed by atoms with van der Waals surface area (Å²) < 4.78 is 14.2. The summed E-state index contributed by atoms with van der Waals surface area (Å²) in [6.45, 7) is 10.8. The van der Waals surface area contributed by atoms with Crippen molar-refractivity contribution in [2.45, 2.75) is 26.8 Å². The summed E-state index contributed by atoms with van der Waals surface area (Å²) in [4.78, 5) is 2.49.